The summed E-state index contributed by atoms with van der Waals surface area (Å²) in [6.07, 6.45) is 8.51. The number of fused-ring (bicyclic) bond motifs is 3. The van der Waals surface area contributed by atoms with Crippen LogP contribution in [0.3, 0.4) is 0 Å². The van der Waals surface area contributed by atoms with Crippen LogP contribution in [0.2, 0.25) is 5.02 Å². The molecule has 1 aliphatic heterocycles. The van der Waals surface area contributed by atoms with Gasteiger partial charge in [0.2, 0.25) is 5.91 Å². The van der Waals surface area contributed by atoms with E-state index in [1.165, 1.54) is 6.33 Å². The first-order valence-corrected chi connectivity index (χ1v) is 9.98. The molecule has 9 heteroatoms. The van der Waals surface area contributed by atoms with Crippen LogP contribution < -0.4 is 5.32 Å². The molecule has 5 rings (SSSR count). The highest BCUT2D eigenvalue weighted by Crippen LogP contribution is 2.33. The summed E-state index contributed by atoms with van der Waals surface area (Å²) in [6.45, 7) is 2.12. The number of benzene rings is 1. The van der Waals surface area contributed by atoms with Crippen molar-refractivity contribution in [3.63, 3.8) is 0 Å². The molecule has 1 fully saturated rings. The predicted molar refractivity (Wildman–Crippen MR) is 114 cm³/mol. The highest BCUT2D eigenvalue weighted by Gasteiger charge is 2.30. The second-order valence-electron chi connectivity index (χ2n) is 7.22. The maximum Gasteiger partial charge on any atom is 0.244 e. The van der Waals surface area contributed by atoms with Crippen LogP contribution in [0.15, 0.2) is 49.3 Å². The second-order valence-corrected chi connectivity index (χ2v) is 7.66. The maximum absolute atomic E-state index is 13.2. The van der Waals surface area contributed by atoms with Crippen LogP contribution >= 0.6 is 11.6 Å². The number of aromatic amines is 1. The number of amides is 1. The number of morpholine rings is 1. The number of hydrogen-bond donors (Lipinski definition) is 2. The molecule has 0 aliphatic carbocycles. The molecule has 1 amide bonds. The number of ether oxygens (including phenoxy) is 1. The molecule has 1 atom stereocenters. The number of pyridine rings is 1. The Morgan fingerprint density at radius 1 is 1.23 bits per heavy atom. The highest BCUT2D eigenvalue weighted by atomic mass is 35.5. The standard InChI is InChI=1S/C21H19ClN6O2/c22-14-5-16-15-1-2-23-9-18(15)26-20(16)17(6-14)27-21(29)19-11-30-4-3-28(19)10-13-7-24-12-25-8-13/h1-2,5-9,12,19,26H,3-4,10-11H2,(H,27,29)/t19-/m0/s1. The number of nitrogens with zero attached hydrogens (tertiary/aromatic N) is 4. The molecule has 4 heterocycles. The van der Waals surface area contributed by atoms with Crippen molar-refractivity contribution in [2.24, 2.45) is 0 Å². The third-order valence-electron chi connectivity index (χ3n) is 5.27. The minimum atomic E-state index is -0.431. The molecule has 8 nitrogen and oxygen atoms in total. The van der Waals surface area contributed by atoms with E-state index in [2.05, 4.69) is 30.2 Å². The van der Waals surface area contributed by atoms with Gasteiger partial charge in [-0.3, -0.25) is 14.7 Å². The first kappa shape index (κ1) is 18.9. The van der Waals surface area contributed by atoms with Crippen molar-refractivity contribution in [1.82, 2.24) is 24.8 Å². The maximum atomic E-state index is 13.2. The average molecular weight is 423 g/mol. The van der Waals surface area contributed by atoms with Gasteiger partial charge in [-0.25, -0.2) is 9.97 Å². The average Bonchev–Trinajstić information content (AvgIpc) is 3.14. The first-order valence-electron chi connectivity index (χ1n) is 9.60. The number of halogens is 1. The fraction of sp³-hybridized carbons (Fsp3) is 0.238. The van der Waals surface area contributed by atoms with Crippen molar-refractivity contribution < 1.29 is 9.53 Å². The van der Waals surface area contributed by atoms with Crippen LogP contribution in [-0.2, 0) is 16.1 Å². The molecule has 1 aliphatic rings. The summed E-state index contributed by atoms with van der Waals surface area (Å²) in [5.74, 6) is -0.146. The van der Waals surface area contributed by atoms with Crippen LogP contribution in [0.5, 0.6) is 0 Å². The van der Waals surface area contributed by atoms with Gasteiger partial charge >= 0.3 is 0 Å². The zero-order valence-electron chi connectivity index (χ0n) is 16.0. The number of carbonyl (C=O) groups excluding carboxylic acids is 1. The van der Waals surface area contributed by atoms with E-state index in [1.54, 1.807) is 30.9 Å². The Balaban J connectivity index is 1.44. The minimum absolute atomic E-state index is 0.146. The number of rotatable bonds is 4. The van der Waals surface area contributed by atoms with Gasteiger partial charge in [0.15, 0.2) is 0 Å². The first-order chi connectivity index (χ1) is 14.7. The molecular weight excluding hydrogens is 404 g/mol. The Morgan fingerprint density at radius 3 is 2.97 bits per heavy atom. The molecule has 152 valence electrons. The summed E-state index contributed by atoms with van der Waals surface area (Å²) in [5.41, 5.74) is 3.28. The van der Waals surface area contributed by atoms with E-state index >= 15 is 0 Å². The van der Waals surface area contributed by atoms with E-state index < -0.39 is 6.04 Å². The van der Waals surface area contributed by atoms with Crippen molar-refractivity contribution in [3.8, 4) is 0 Å². The van der Waals surface area contributed by atoms with Crippen LogP contribution in [-0.4, -0.2) is 56.5 Å². The van der Waals surface area contributed by atoms with Gasteiger partial charge < -0.3 is 15.0 Å². The van der Waals surface area contributed by atoms with Crippen LogP contribution in [0.4, 0.5) is 5.69 Å². The summed E-state index contributed by atoms with van der Waals surface area (Å²) < 4.78 is 5.59. The van der Waals surface area contributed by atoms with E-state index in [0.29, 0.717) is 37.0 Å². The lowest BCUT2D eigenvalue weighted by Crippen LogP contribution is -2.51. The molecule has 3 aromatic heterocycles. The lowest BCUT2D eigenvalue weighted by Gasteiger charge is -2.34. The number of carbonyl (C=O) groups is 1. The van der Waals surface area contributed by atoms with Gasteiger partial charge in [-0.2, -0.15) is 0 Å². The number of nitrogens with one attached hydrogen (secondary N) is 2. The van der Waals surface area contributed by atoms with Crippen LogP contribution in [0.25, 0.3) is 21.8 Å². The van der Waals surface area contributed by atoms with E-state index in [0.717, 1.165) is 27.4 Å². The normalized spacial score (nSPS) is 17.4. The van der Waals surface area contributed by atoms with E-state index in [4.69, 9.17) is 16.3 Å². The van der Waals surface area contributed by atoms with Gasteiger partial charge in [0.25, 0.3) is 0 Å². The van der Waals surface area contributed by atoms with Crippen molar-refractivity contribution in [1.29, 1.82) is 0 Å². The fourth-order valence-corrected chi connectivity index (χ4v) is 4.07. The summed E-state index contributed by atoms with van der Waals surface area (Å²) in [6, 6.07) is 5.13. The lowest BCUT2D eigenvalue weighted by molar-refractivity contribution is -0.127. The molecule has 1 aromatic carbocycles. The Bertz CT molecular complexity index is 1210. The van der Waals surface area contributed by atoms with Gasteiger partial charge in [0.05, 0.1) is 36.1 Å². The third kappa shape index (κ3) is 3.60. The summed E-state index contributed by atoms with van der Waals surface area (Å²) in [4.78, 5) is 30.9. The molecule has 0 saturated carbocycles. The van der Waals surface area contributed by atoms with Crippen LogP contribution in [0.1, 0.15) is 5.56 Å². The zero-order chi connectivity index (χ0) is 20.5. The zero-order valence-corrected chi connectivity index (χ0v) is 16.8. The largest absolute Gasteiger partial charge is 0.378 e. The van der Waals surface area contributed by atoms with Crippen molar-refractivity contribution >= 4 is 45.0 Å². The highest BCUT2D eigenvalue weighted by molar-refractivity contribution is 6.33. The Labute approximate surface area is 177 Å². The van der Waals surface area contributed by atoms with E-state index in [-0.39, 0.29) is 5.91 Å². The van der Waals surface area contributed by atoms with Crippen molar-refractivity contribution in [2.75, 3.05) is 25.1 Å². The van der Waals surface area contributed by atoms with Gasteiger partial charge in [0.1, 0.15) is 12.4 Å². The smallest absolute Gasteiger partial charge is 0.244 e. The van der Waals surface area contributed by atoms with Gasteiger partial charge in [-0.15, -0.1) is 0 Å². The SMILES string of the molecule is O=C(Nc1cc(Cl)cc2c1[nH]c1cnccc12)[C@@H]1COCCN1Cc1cncnc1. The molecule has 2 N–H and O–H groups in total. The quantitative estimate of drug-likeness (QED) is 0.525. The molecular formula is C21H19ClN6O2. The molecule has 0 bridgehead atoms. The molecule has 1 saturated heterocycles. The Hall–Kier alpha value is -3.07. The van der Waals surface area contributed by atoms with Crippen molar-refractivity contribution in [3.05, 3.63) is 59.9 Å². The topological polar surface area (TPSA) is 96.0 Å². The van der Waals surface area contributed by atoms with Crippen molar-refractivity contribution in [2.45, 2.75) is 12.6 Å². The summed E-state index contributed by atoms with van der Waals surface area (Å²) in [7, 11) is 0. The summed E-state index contributed by atoms with van der Waals surface area (Å²) in [5, 5.41) is 5.54. The van der Waals surface area contributed by atoms with Gasteiger partial charge in [-0.1, -0.05) is 11.6 Å². The molecule has 4 aromatic rings. The Morgan fingerprint density at radius 2 is 2.10 bits per heavy atom. The third-order valence-corrected chi connectivity index (χ3v) is 5.49. The fourth-order valence-electron chi connectivity index (χ4n) is 3.85. The summed E-state index contributed by atoms with van der Waals surface area (Å²) >= 11 is 6.36. The number of anilines is 1. The molecule has 0 unspecified atom stereocenters. The van der Waals surface area contributed by atoms with E-state index in [9.17, 15) is 4.79 Å². The van der Waals surface area contributed by atoms with E-state index in [1.807, 2.05) is 12.1 Å². The minimum Gasteiger partial charge on any atom is -0.378 e. The molecule has 0 radical (unpaired) electrons. The molecule has 0 spiro atoms. The van der Waals surface area contributed by atoms with Gasteiger partial charge in [-0.05, 0) is 18.2 Å². The number of aromatic nitrogens is 4. The monoisotopic (exact) mass is 422 g/mol. The lowest BCUT2D eigenvalue weighted by atomic mass is 10.1. The van der Waals surface area contributed by atoms with Gasteiger partial charge in [0, 0.05) is 53.0 Å². The molecule has 30 heavy (non-hydrogen) atoms. The number of hydrogen-bond acceptors (Lipinski definition) is 6. The Kier molecular flexibility index (Phi) is 5.04. The number of H-pyrrole nitrogens is 1. The second kappa shape index (κ2) is 7.98. The van der Waals surface area contributed by atoms with Crippen LogP contribution in [0, 0.1) is 0 Å². The predicted octanol–water partition coefficient (Wildman–Crippen LogP) is 3.00.